The van der Waals surface area contributed by atoms with Crippen molar-refractivity contribution in [2.45, 2.75) is 26.3 Å². The molecule has 0 amide bonds. The van der Waals surface area contributed by atoms with Gasteiger partial charge in [-0.05, 0) is 24.6 Å². The summed E-state index contributed by atoms with van der Waals surface area (Å²) in [6.45, 7) is 1.01. The van der Waals surface area contributed by atoms with Crippen LogP contribution in [-0.4, -0.2) is 24.0 Å². The van der Waals surface area contributed by atoms with Crippen molar-refractivity contribution in [3.63, 3.8) is 0 Å². The Balaban J connectivity index is 3.23. The predicted molar refractivity (Wildman–Crippen MR) is 64.1 cm³/mol. The molecular weight excluding hydrogens is 291 g/mol. The highest BCUT2D eigenvalue weighted by Gasteiger charge is 2.32. The molecule has 1 aromatic carbocycles. The van der Waals surface area contributed by atoms with Crippen LogP contribution in [0.25, 0.3) is 0 Å². The van der Waals surface area contributed by atoms with E-state index in [1.807, 2.05) is 0 Å². The van der Waals surface area contributed by atoms with Gasteiger partial charge in [-0.25, -0.2) is 0 Å². The molecule has 114 valence electrons. The molecule has 0 atom stereocenters. The topological polar surface area (TPSA) is 79.6 Å². The lowest BCUT2D eigenvalue weighted by atomic mass is 10.0. The third kappa shape index (κ3) is 4.96. The fourth-order valence-corrected chi connectivity index (χ4v) is 1.63. The maximum atomic E-state index is 12.4. The zero-order chi connectivity index (χ0) is 16.0. The maximum Gasteiger partial charge on any atom is 0.573 e. The number of carbonyl (C=O) groups excluding carboxylic acids is 1. The molecule has 0 bridgehead atoms. The summed E-state index contributed by atoms with van der Waals surface area (Å²) in [6, 6.07) is 3.70. The van der Waals surface area contributed by atoms with Crippen molar-refractivity contribution in [2.24, 2.45) is 0 Å². The quantitative estimate of drug-likeness (QED) is 0.842. The summed E-state index contributed by atoms with van der Waals surface area (Å²) >= 11 is 0. The molecule has 0 heterocycles. The van der Waals surface area contributed by atoms with Gasteiger partial charge in [0.05, 0.1) is 31.3 Å². The van der Waals surface area contributed by atoms with Crippen molar-refractivity contribution in [3.8, 4) is 11.8 Å². The minimum Gasteiger partial charge on any atom is -0.466 e. The number of hydrogen-bond donors (Lipinski definition) is 1. The molecule has 5 nitrogen and oxygen atoms in total. The van der Waals surface area contributed by atoms with E-state index in [-0.39, 0.29) is 23.3 Å². The summed E-state index contributed by atoms with van der Waals surface area (Å²) in [5.41, 5.74) is -0.199. The van der Waals surface area contributed by atoms with E-state index < -0.39 is 31.1 Å². The second kappa shape index (κ2) is 6.95. The van der Waals surface area contributed by atoms with E-state index in [9.17, 15) is 18.0 Å². The van der Waals surface area contributed by atoms with Crippen molar-refractivity contribution in [2.75, 3.05) is 6.61 Å². The lowest BCUT2D eigenvalue weighted by Gasteiger charge is -2.15. The largest absolute Gasteiger partial charge is 0.573 e. The molecule has 0 spiro atoms. The van der Waals surface area contributed by atoms with Gasteiger partial charge in [0, 0.05) is 5.56 Å². The van der Waals surface area contributed by atoms with Gasteiger partial charge in [-0.15, -0.1) is 13.2 Å². The number of halogens is 3. The van der Waals surface area contributed by atoms with E-state index in [0.29, 0.717) is 0 Å². The van der Waals surface area contributed by atoms with Crippen LogP contribution in [0.5, 0.6) is 5.75 Å². The van der Waals surface area contributed by atoms with Crippen LogP contribution in [0.1, 0.15) is 23.6 Å². The molecule has 0 unspecified atom stereocenters. The second-order valence-electron chi connectivity index (χ2n) is 3.92. The van der Waals surface area contributed by atoms with Crippen molar-refractivity contribution >= 4 is 5.97 Å². The van der Waals surface area contributed by atoms with Gasteiger partial charge >= 0.3 is 12.3 Å². The van der Waals surface area contributed by atoms with Gasteiger partial charge in [0.1, 0.15) is 5.75 Å². The van der Waals surface area contributed by atoms with Gasteiger partial charge in [-0.1, -0.05) is 0 Å². The average Bonchev–Trinajstić information content (AvgIpc) is 2.38. The first-order chi connectivity index (χ1) is 9.80. The zero-order valence-corrected chi connectivity index (χ0v) is 11.0. The summed E-state index contributed by atoms with van der Waals surface area (Å²) < 4.78 is 45.6. The Morgan fingerprint density at radius 1 is 1.38 bits per heavy atom. The number of alkyl halides is 3. The highest BCUT2D eigenvalue weighted by Crippen LogP contribution is 2.30. The number of aliphatic hydroxyl groups excluding tert-OH is 1. The molecule has 1 rings (SSSR count). The number of esters is 1. The standard InChI is InChI=1S/C13H12F3NO4/c1-2-20-12(19)5-8-3-9(6-17)10(7-18)4-11(8)21-13(14,15)16/h3-4,18H,2,5,7H2,1H3. The van der Waals surface area contributed by atoms with Crippen LogP contribution in [0.15, 0.2) is 12.1 Å². The number of rotatable bonds is 5. The first-order valence-corrected chi connectivity index (χ1v) is 5.88. The number of hydrogen-bond acceptors (Lipinski definition) is 5. The van der Waals surface area contributed by atoms with Gasteiger partial charge in [0.25, 0.3) is 0 Å². The number of nitriles is 1. The summed E-state index contributed by atoms with van der Waals surface area (Å²) in [7, 11) is 0. The van der Waals surface area contributed by atoms with Gasteiger partial charge < -0.3 is 14.6 Å². The minimum atomic E-state index is -4.95. The fourth-order valence-electron chi connectivity index (χ4n) is 1.63. The average molecular weight is 303 g/mol. The highest BCUT2D eigenvalue weighted by atomic mass is 19.4. The summed E-state index contributed by atoms with van der Waals surface area (Å²) in [6.07, 6.45) is -5.43. The predicted octanol–water partition coefficient (Wildman–Crippen LogP) is 2.05. The van der Waals surface area contributed by atoms with Crippen molar-refractivity contribution in [1.82, 2.24) is 0 Å². The Morgan fingerprint density at radius 2 is 2.05 bits per heavy atom. The van der Waals surface area contributed by atoms with Gasteiger partial charge in [-0.3, -0.25) is 4.79 Å². The number of benzene rings is 1. The van der Waals surface area contributed by atoms with Crippen LogP contribution in [0.4, 0.5) is 13.2 Å². The Kier molecular flexibility index (Phi) is 5.55. The van der Waals surface area contributed by atoms with E-state index in [2.05, 4.69) is 9.47 Å². The maximum absolute atomic E-state index is 12.4. The summed E-state index contributed by atoms with van der Waals surface area (Å²) in [5.74, 6) is -1.39. The van der Waals surface area contributed by atoms with Crippen LogP contribution >= 0.6 is 0 Å². The molecule has 8 heteroatoms. The Morgan fingerprint density at radius 3 is 2.52 bits per heavy atom. The van der Waals surface area contributed by atoms with Gasteiger partial charge in [-0.2, -0.15) is 5.26 Å². The molecule has 0 aliphatic rings. The van der Waals surface area contributed by atoms with E-state index in [0.717, 1.165) is 12.1 Å². The SMILES string of the molecule is CCOC(=O)Cc1cc(C#N)c(CO)cc1OC(F)(F)F. The molecule has 0 aliphatic carbocycles. The number of aliphatic hydroxyl groups is 1. The highest BCUT2D eigenvalue weighted by molar-refractivity contribution is 5.74. The first-order valence-electron chi connectivity index (χ1n) is 5.88. The minimum absolute atomic E-state index is 0.0237. The van der Waals surface area contributed by atoms with Crippen LogP contribution < -0.4 is 4.74 Å². The molecule has 1 aromatic rings. The molecule has 0 saturated heterocycles. The lowest BCUT2D eigenvalue weighted by molar-refractivity contribution is -0.275. The molecule has 0 fully saturated rings. The van der Waals surface area contributed by atoms with Crippen molar-refractivity contribution < 1.29 is 32.5 Å². The van der Waals surface area contributed by atoms with E-state index in [1.165, 1.54) is 0 Å². The molecular formula is C13H12F3NO4. The molecule has 21 heavy (non-hydrogen) atoms. The van der Waals surface area contributed by atoms with Crippen LogP contribution in [0, 0.1) is 11.3 Å². The van der Waals surface area contributed by atoms with E-state index in [1.54, 1.807) is 13.0 Å². The Hall–Kier alpha value is -2.27. The molecule has 0 aliphatic heterocycles. The lowest BCUT2D eigenvalue weighted by Crippen LogP contribution is -2.19. The smallest absolute Gasteiger partial charge is 0.466 e. The van der Waals surface area contributed by atoms with Crippen molar-refractivity contribution in [3.05, 3.63) is 28.8 Å². The molecule has 1 N–H and O–H groups in total. The molecule has 0 saturated carbocycles. The van der Waals surface area contributed by atoms with Gasteiger partial charge in [0.2, 0.25) is 0 Å². The van der Waals surface area contributed by atoms with E-state index in [4.69, 9.17) is 10.4 Å². The first kappa shape index (κ1) is 16.8. The Bertz CT molecular complexity index is 564. The fraction of sp³-hybridized carbons (Fsp3) is 0.385. The second-order valence-corrected chi connectivity index (χ2v) is 3.92. The third-order valence-electron chi connectivity index (χ3n) is 2.44. The van der Waals surface area contributed by atoms with Crippen LogP contribution in [-0.2, 0) is 22.6 Å². The molecule has 0 aromatic heterocycles. The van der Waals surface area contributed by atoms with Crippen LogP contribution in [0.2, 0.25) is 0 Å². The zero-order valence-electron chi connectivity index (χ0n) is 11.0. The number of nitrogens with zero attached hydrogens (tertiary/aromatic N) is 1. The summed E-state index contributed by atoms with van der Waals surface area (Å²) in [4.78, 5) is 11.4. The summed E-state index contributed by atoms with van der Waals surface area (Å²) in [5, 5.41) is 17.9. The number of ether oxygens (including phenoxy) is 2. The monoisotopic (exact) mass is 303 g/mol. The Labute approximate surface area is 118 Å². The normalized spacial score (nSPS) is 10.9. The van der Waals surface area contributed by atoms with Gasteiger partial charge in [0.15, 0.2) is 0 Å². The van der Waals surface area contributed by atoms with Crippen molar-refractivity contribution in [1.29, 1.82) is 5.26 Å². The van der Waals surface area contributed by atoms with E-state index >= 15 is 0 Å². The number of carbonyl (C=O) groups is 1. The molecule has 0 radical (unpaired) electrons. The third-order valence-corrected chi connectivity index (χ3v) is 2.44. The van der Waals surface area contributed by atoms with Crippen LogP contribution in [0.3, 0.4) is 0 Å².